The number of imide groups is 1. The van der Waals surface area contributed by atoms with Crippen molar-refractivity contribution in [3.63, 3.8) is 0 Å². The normalized spacial score (nSPS) is 15.9. The Morgan fingerprint density at radius 3 is 2.46 bits per heavy atom. The van der Waals surface area contributed by atoms with Gasteiger partial charge in [-0.25, -0.2) is 0 Å². The minimum absolute atomic E-state index is 0.160. The second-order valence-corrected chi connectivity index (χ2v) is 6.90. The molecule has 126 valence electrons. The molecule has 1 aliphatic heterocycles. The van der Waals surface area contributed by atoms with Crippen LogP contribution >= 0.6 is 0 Å². The molecular formula is C23H17NO2. The Hall–Kier alpha value is -3.20. The van der Waals surface area contributed by atoms with Gasteiger partial charge in [0.25, 0.3) is 11.8 Å². The van der Waals surface area contributed by atoms with Gasteiger partial charge in [0.05, 0.1) is 0 Å². The molecule has 0 saturated carbocycles. The molecule has 0 N–H and O–H groups in total. The van der Waals surface area contributed by atoms with E-state index >= 15 is 0 Å². The second kappa shape index (κ2) is 5.40. The molecule has 3 aromatic carbocycles. The molecular weight excluding hydrogens is 322 g/mol. The molecule has 3 aromatic rings. The van der Waals surface area contributed by atoms with Gasteiger partial charge in [0.1, 0.15) is 0 Å². The molecule has 2 amide bonds. The SMILES string of the molecule is CN1C(=O)C2=c3c(ccc(-c4ccc5ccccc5c4)c3=CCC2)C1=O. The summed E-state index contributed by atoms with van der Waals surface area (Å²) in [5, 5.41) is 4.25. The van der Waals surface area contributed by atoms with E-state index in [0.29, 0.717) is 12.0 Å². The first-order chi connectivity index (χ1) is 12.6. The molecule has 2 aliphatic rings. The zero-order valence-electron chi connectivity index (χ0n) is 14.5. The predicted molar refractivity (Wildman–Crippen MR) is 103 cm³/mol. The van der Waals surface area contributed by atoms with Gasteiger partial charge in [-0.15, -0.1) is 0 Å². The molecule has 0 fully saturated rings. The van der Waals surface area contributed by atoms with Gasteiger partial charge in [-0.05, 0) is 52.1 Å². The molecule has 1 heterocycles. The average molecular weight is 339 g/mol. The van der Waals surface area contributed by atoms with Crippen molar-refractivity contribution in [2.24, 2.45) is 0 Å². The van der Waals surface area contributed by atoms with Gasteiger partial charge in [0, 0.05) is 23.4 Å². The van der Waals surface area contributed by atoms with Crippen LogP contribution in [-0.4, -0.2) is 23.8 Å². The number of amides is 2. The lowest BCUT2D eigenvalue weighted by Crippen LogP contribution is -2.49. The van der Waals surface area contributed by atoms with Crippen molar-refractivity contribution in [2.75, 3.05) is 7.05 Å². The standard InChI is InChI=1S/C23H17NO2/c1-24-22(25)19-8-4-7-18-17(11-12-20(21(18)19)23(24)26)16-10-9-14-5-2-3-6-15(14)13-16/h2-3,5-7,9-13H,4,8H2,1H3. The van der Waals surface area contributed by atoms with Gasteiger partial charge in [-0.3, -0.25) is 14.5 Å². The maximum Gasteiger partial charge on any atom is 0.261 e. The molecule has 0 radical (unpaired) electrons. The topological polar surface area (TPSA) is 37.4 Å². The Labute approximate surface area is 150 Å². The van der Waals surface area contributed by atoms with E-state index in [1.54, 1.807) is 7.05 Å². The van der Waals surface area contributed by atoms with E-state index in [4.69, 9.17) is 0 Å². The van der Waals surface area contributed by atoms with Crippen molar-refractivity contribution < 1.29 is 9.59 Å². The Kier molecular flexibility index (Phi) is 3.13. The number of nitrogens with zero attached hydrogens (tertiary/aromatic N) is 1. The van der Waals surface area contributed by atoms with Crippen LogP contribution in [-0.2, 0) is 4.79 Å². The molecule has 0 saturated heterocycles. The highest BCUT2D eigenvalue weighted by Gasteiger charge is 2.31. The molecule has 0 aromatic heterocycles. The van der Waals surface area contributed by atoms with E-state index in [2.05, 4.69) is 36.4 Å². The van der Waals surface area contributed by atoms with Crippen LogP contribution in [0.1, 0.15) is 23.2 Å². The first-order valence-electron chi connectivity index (χ1n) is 8.83. The number of carbonyl (C=O) groups is 2. The summed E-state index contributed by atoms with van der Waals surface area (Å²) < 4.78 is 0. The minimum Gasteiger partial charge on any atom is -0.278 e. The fourth-order valence-corrected chi connectivity index (χ4v) is 4.12. The maximum atomic E-state index is 12.6. The summed E-state index contributed by atoms with van der Waals surface area (Å²) in [6.45, 7) is 0. The minimum atomic E-state index is -0.213. The van der Waals surface area contributed by atoms with Crippen LogP contribution in [0.2, 0.25) is 0 Å². The third kappa shape index (κ3) is 2.00. The third-order valence-electron chi connectivity index (χ3n) is 5.45. The van der Waals surface area contributed by atoms with Gasteiger partial charge in [0.2, 0.25) is 0 Å². The van der Waals surface area contributed by atoms with Crippen molar-refractivity contribution in [1.82, 2.24) is 4.90 Å². The van der Waals surface area contributed by atoms with Crippen LogP contribution in [0.4, 0.5) is 0 Å². The van der Waals surface area contributed by atoms with Crippen molar-refractivity contribution in [3.05, 3.63) is 70.6 Å². The van der Waals surface area contributed by atoms with E-state index < -0.39 is 0 Å². The molecule has 1 aliphatic carbocycles. The fourth-order valence-electron chi connectivity index (χ4n) is 4.12. The van der Waals surface area contributed by atoms with E-state index in [0.717, 1.165) is 33.6 Å². The average Bonchev–Trinajstić information content (AvgIpc) is 2.69. The van der Waals surface area contributed by atoms with Gasteiger partial charge < -0.3 is 0 Å². The van der Waals surface area contributed by atoms with Crippen molar-refractivity contribution in [1.29, 1.82) is 0 Å². The Balaban J connectivity index is 1.85. The van der Waals surface area contributed by atoms with E-state index in [1.807, 2.05) is 24.3 Å². The lowest BCUT2D eigenvalue weighted by Gasteiger charge is -2.26. The Bertz CT molecular complexity index is 1240. The summed E-state index contributed by atoms with van der Waals surface area (Å²) in [7, 11) is 1.57. The summed E-state index contributed by atoms with van der Waals surface area (Å²) in [6, 6.07) is 18.6. The number of carbonyl (C=O) groups excluding carboxylic acids is 2. The third-order valence-corrected chi connectivity index (χ3v) is 5.45. The monoisotopic (exact) mass is 339 g/mol. The van der Waals surface area contributed by atoms with Crippen LogP contribution in [0.15, 0.2) is 54.6 Å². The zero-order valence-corrected chi connectivity index (χ0v) is 14.5. The summed E-state index contributed by atoms with van der Waals surface area (Å²) in [5.74, 6) is -0.372. The van der Waals surface area contributed by atoms with Crippen molar-refractivity contribution in [3.8, 4) is 11.1 Å². The lowest BCUT2D eigenvalue weighted by atomic mass is 9.87. The molecule has 0 spiro atoms. The van der Waals surface area contributed by atoms with Crippen LogP contribution in [0.25, 0.3) is 33.5 Å². The second-order valence-electron chi connectivity index (χ2n) is 6.90. The maximum absolute atomic E-state index is 12.6. The number of hydrogen-bond donors (Lipinski definition) is 0. The molecule has 0 unspecified atom stereocenters. The lowest BCUT2D eigenvalue weighted by molar-refractivity contribution is -0.122. The van der Waals surface area contributed by atoms with Crippen molar-refractivity contribution in [2.45, 2.75) is 12.8 Å². The predicted octanol–water partition coefficient (Wildman–Crippen LogP) is 2.84. The van der Waals surface area contributed by atoms with Crippen molar-refractivity contribution >= 4 is 34.2 Å². The van der Waals surface area contributed by atoms with Crippen LogP contribution in [0, 0.1) is 0 Å². The number of fused-ring (bicyclic) bond motifs is 1. The largest absolute Gasteiger partial charge is 0.278 e. The quantitative estimate of drug-likeness (QED) is 0.640. The summed E-state index contributed by atoms with van der Waals surface area (Å²) in [6.07, 6.45) is 3.68. The summed E-state index contributed by atoms with van der Waals surface area (Å²) >= 11 is 0. The molecule has 0 atom stereocenters. The van der Waals surface area contributed by atoms with Crippen LogP contribution < -0.4 is 10.4 Å². The highest BCUT2D eigenvalue weighted by molar-refractivity contribution is 6.24. The van der Waals surface area contributed by atoms with Crippen LogP contribution in [0.5, 0.6) is 0 Å². The van der Waals surface area contributed by atoms with Gasteiger partial charge in [0.15, 0.2) is 0 Å². The highest BCUT2D eigenvalue weighted by Crippen LogP contribution is 2.25. The van der Waals surface area contributed by atoms with Crippen LogP contribution in [0.3, 0.4) is 0 Å². The molecule has 26 heavy (non-hydrogen) atoms. The van der Waals surface area contributed by atoms with Gasteiger partial charge >= 0.3 is 0 Å². The summed E-state index contributed by atoms with van der Waals surface area (Å²) in [5.41, 5.74) is 3.59. The highest BCUT2D eigenvalue weighted by atomic mass is 16.2. The fraction of sp³-hybridized carbons (Fsp3) is 0.130. The Morgan fingerprint density at radius 1 is 0.846 bits per heavy atom. The van der Waals surface area contributed by atoms with E-state index in [9.17, 15) is 9.59 Å². The molecule has 5 rings (SSSR count). The number of benzene rings is 3. The van der Waals surface area contributed by atoms with E-state index in [-0.39, 0.29) is 11.8 Å². The first-order valence-corrected chi connectivity index (χ1v) is 8.83. The number of hydrogen-bond acceptors (Lipinski definition) is 2. The molecule has 3 nitrogen and oxygen atoms in total. The number of rotatable bonds is 1. The zero-order chi connectivity index (χ0) is 17.8. The van der Waals surface area contributed by atoms with E-state index in [1.165, 1.54) is 15.7 Å². The van der Waals surface area contributed by atoms with Gasteiger partial charge in [-0.1, -0.05) is 48.5 Å². The van der Waals surface area contributed by atoms with Gasteiger partial charge in [-0.2, -0.15) is 0 Å². The first kappa shape index (κ1) is 15.1. The summed E-state index contributed by atoms with van der Waals surface area (Å²) in [4.78, 5) is 26.4. The smallest absolute Gasteiger partial charge is 0.261 e. The Morgan fingerprint density at radius 2 is 1.62 bits per heavy atom. The molecule has 0 bridgehead atoms. The molecule has 3 heteroatoms.